The van der Waals surface area contributed by atoms with Gasteiger partial charge in [0.05, 0.1) is 24.8 Å². The predicted molar refractivity (Wildman–Crippen MR) is 106 cm³/mol. The van der Waals surface area contributed by atoms with Crippen LogP contribution < -0.4 is 4.74 Å². The first-order valence-corrected chi connectivity index (χ1v) is 8.68. The molecule has 140 valence electrons. The van der Waals surface area contributed by atoms with E-state index < -0.39 is 0 Å². The number of aromatic nitrogens is 5. The minimum Gasteiger partial charge on any atom is -0.495 e. The lowest BCUT2D eigenvalue weighted by Gasteiger charge is -2.09. The molecule has 2 aromatic heterocycles. The van der Waals surface area contributed by atoms with Gasteiger partial charge in [-0.25, -0.2) is 14.4 Å². The standard InChI is InChI=1S/C21H18FN5O/c1-14-12-27(13-23-14)18-8-6-15(10-19(18)28-2)7-9-20-24-21(26-25-20)16-4-3-5-17(22)11-16/h3-13H,1-2H3,(H,24,25,26). The van der Waals surface area contributed by atoms with Gasteiger partial charge in [-0.1, -0.05) is 24.3 Å². The van der Waals surface area contributed by atoms with Crippen molar-refractivity contribution in [1.29, 1.82) is 0 Å². The minimum absolute atomic E-state index is 0.320. The van der Waals surface area contributed by atoms with Gasteiger partial charge in [0.15, 0.2) is 5.82 Å². The minimum atomic E-state index is -0.320. The number of rotatable bonds is 5. The van der Waals surface area contributed by atoms with E-state index in [1.807, 2.05) is 48.0 Å². The van der Waals surface area contributed by atoms with Gasteiger partial charge in [-0.05, 0) is 42.8 Å². The largest absolute Gasteiger partial charge is 0.495 e. The molecule has 0 aliphatic carbocycles. The number of hydrogen-bond acceptors (Lipinski definition) is 4. The molecule has 0 aliphatic rings. The van der Waals surface area contributed by atoms with Gasteiger partial charge in [-0.15, -0.1) is 0 Å². The first-order chi connectivity index (χ1) is 13.6. The Labute approximate surface area is 161 Å². The molecule has 0 saturated carbocycles. The Morgan fingerprint density at radius 1 is 1.14 bits per heavy atom. The number of aromatic amines is 1. The lowest BCUT2D eigenvalue weighted by Crippen LogP contribution is -1.95. The van der Waals surface area contributed by atoms with Gasteiger partial charge >= 0.3 is 0 Å². The zero-order valence-electron chi connectivity index (χ0n) is 15.4. The Balaban J connectivity index is 1.57. The number of ether oxygens (including phenoxy) is 1. The van der Waals surface area contributed by atoms with Gasteiger partial charge in [-0.3, -0.25) is 5.10 Å². The summed E-state index contributed by atoms with van der Waals surface area (Å²) in [5.41, 5.74) is 3.41. The molecule has 0 spiro atoms. The van der Waals surface area contributed by atoms with Gasteiger partial charge in [-0.2, -0.15) is 5.10 Å². The highest BCUT2D eigenvalue weighted by atomic mass is 19.1. The first-order valence-electron chi connectivity index (χ1n) is 8.68. The second-order valence-electron chi connectivity index (χ2n) is 6.24. The van der Waals surface area contributed by atoms with Gasteiger partial charge in [0.25, 0.3) is 0 Å². The lowest BCUT2D eigenvalue weighted by atomic mass is 10.1. The third-order valence-corrected chi connectivity index (χ3v) is 4.21. The van der Waals surface area contributed by atoms with Crippen molar-refractivity contribution in [2.24, 2.45) is 0 Å². The van der Waals surface area contributed by atoms with Crippen LogP contribution in [0.3, 0.4) is 0 Å². The summed E-state index contributed by atoms with van der Waals surface area (Å²) in [4.78, 5) is 8.63. The van der Waals surface area contributed by atoms with Gasteiger partial charge in [0, 0.05) is 11.8 Å². The number of methoxy groups -OCH3 is 1. The number of halogens is 1. The summed E-state index contributed by atoms with van der Waals surface area (Å²) >= 11 is 0. The molecule has 2 aromatic carbocycles. The van der Waals surface area contributed by atoms with Crippen molar-refractivity contribution in [1.82, 2.24) is 24.7 Å². The highest BCUT2D eigenvalue weighted by molar-refractivity contribution is 5.69. The summed E-state index contributed by atoms with van der Waals surface area (Å²) in [5, 5.41) is 6.99. The van der Waals surface area contributed by atoms with Crippen LogP contribution in [-0.2, 0) is 0 Å². The van der Waals surface area contributed by atoms with Crippen molar-refractivity contribution in [3.8, 4) is 22.8 Å². The molecular weight excluding hydrogens is 357 g/mol. The fourth-order valence-electron chi connectivity index (χ4n) is 2.84. The summed E-state index contributed by atoms with van der Waals surface area (Å²) < 4.78 is 20.8. The zero-order chi connectivity index (χ0) is 19.5. The Bertz CT molecular complexity index is 1150. The van der Waals surface area contributed by atoms with Crippen LogP contribution in [0.4, 0.5) is 4.39 Å². The summed E-state index contributed by atoms with van der Waals surface area (Å²) in [6.07, 6.45) is 7.41. The molecule has 0 bridgehead atoms. The van der Waals surface area contributed by atoms with E-state index >= 15 is 0 Å². The van der Waals surface area contributed by atoms with Crippen molar-refractivity contribution in [3.05, 3.63) is 77.9 Å². The molecule has 6 nitrogen and oxygen atoms in total. The van der Waals surface area contributed by atoms with Crippen LogP contribution in [0.5, 0.6) is 5.75 Å². The van der Waals surface area contributed by atoms with E-state index in [2.05, 4.69) is 20.2 Å². The van der Waals surface area contributed by atoms with E-state index in [1.54, 1.807) is 25.6 Å². The van der Waals surface area contributed by atoms with Crippen molar-refractivity contribution in [2.45, 2.75) is 6.92 Å². The van der Waals surface area contributed by atoms with Crippen LogP contribution in [0.1, 0.15) is 17.1 Å². The fourth-order valence-corrected chi connectivity index (χ4v) is 2.84. The topological polar surface area (TPSA) is 68.6 Å². The molecule has 1 N–H and O–H groups in total. The maximum Gasteiger partial charge on any atom is 0.181 e. The molecule has 0 atom stereocenters. The Morgan fingerprint density at radius 3 is 2.79 bits per heavy atom. The van der Waals surface area contributed by atoms with Crippen LogP contribution in [-0.4, -0.2) is 31.8 Å². The average molecular weight is 375 g/mol. The Hall–Kier alpha value is -3.74. The monoisotopic (exact) mass is 375 g/mol. The quantitative estimate of drug-likeness (QED) is 0.565. The maximum atomic E-state index is 13.4. The van der Waals surface area contributed by atoms with Gasteiger partial charge in [0.1, 0.15) is 17.4 Å². The fraction of sp³-hybridized carbons (Fsp3) is 0.0952. The lowest BCUT2D eigenvalue weighted by molar-refractivity contribution is 0.413. The van der Waals surface area contributed by atoms with Crippen molar-refractivity contribution >= 4 is 12.2 Å². The second-order valence-corrected chi connectivity index (χ2v) is 6.24. The van der Waals surface area contributed by atoms with Gasteiger partial charge in [0.2, 0.25) is 0 Å². The summed E-state index contributed by atoms with van der Waals surface area (Å²) in [6.45, 7) is 1.94. The van der Waals surface area contributed by atoms with Crippen molar-refractivity contribution in [2.75, 3.05) is 7.11 Å². The predicted octanol–water partition coefficient (Wildman–Crippen LogP) is 4.28. The van der Waals surface area contributed by atoms with E-state index in [-0.39, 0.29) is 5.82 Å². The number of imidazole rings is 1. The highest BCUT2D eigenvalue weighted by Crippen LogP contribution is 2.25. The Morgan fingerprint density at radius 2 is 2.04 bits per heavy atom. The van der Waals surface area contributed by atoms with E-state index in [9.17, 15) is 4.39 Å². The smallest absolute Gasteiger partial charge is 0.181 e. The van der Waals surface area contributed by atoms with Gasteiger partial charge < -0.3 is 9.30 Å². The molecule has 4 aromatic rings. The van der Waals surface area contributed by atoms with Crippen molar-refractivity contribution < 1.29 is 9.13 Å². The van der Waals surface area contributed by atoms with Crippen LogP contribution in [0, 0.1) is 12.7 Å². The molecule has 2 heterocycles. The zero-order valence-corrected chi connectivity index (χ0v) is 15.4. The molecule has 0 amide bonds. The Kier molecular flexibility index (Phi) is 4.72. The number of benzene rings is 2. The van der Waals surface area contributed by atoms with Crippen LogP contribution in [0.25, 0.3) is 29.2 Å². The molecule has 0 radical (unpaired) electrons. The van der Waals surface area contributed by atoms with Crippen LogP contribution in [0.2, 0.25) is 0 Å². The first kappa shape index (κ1) is 17.7. The maximum absolute atomic E-state index is 13.4. The summed E-state index contributed by atoms with van der Waals surface area (Å²) in [6, 6.07) is 12.1. The molecule has 7 heteroatoms. The molecule has 0 fully saturated rings. The van der Waals surface area contributed by atoms with E-state index in [1.165, 1.54) is 12.1 Å². The number of hydrogen-bond donors (Lipinski definition) is 1. The van der Waals surface area contributed by atoms with E-state index in [0.29, 0.717) is 17.2 Å². The molecular formula is C21H18FN5O. The number of H-pyrrole nitrogens is 1. The number of nitrogens with zero attached hydrogens (tertiary/aromatic N) is 4. The normalized spacial score (nSPS) is 11.2. The van der Waals surface area contributed by atoms with Crippen LogP contribution >= 0.6 is 0 Å². The molecule has 0 aliphatic heterocycles. The average Bonchev–Trinajstić information content (AvgIpc) is 3.35. The summed E-state index contributed by atoms with van der Waals surface area (Å²) in [7, 11) is 1.64. The van der Waals surface area contributed by atoms with Crippen molar-refractivity contribution in [3.63, 3.8) is 0 Å². The third-order valence-electron chi connectivity index (χ3n) is 4.21. The summed E-state index contributed by atoms with van der Waals surface area (Å²) in [5.74, 6) is 1.44. The van der Waals surface area contributed by atoms with E-state index in [0.717, 1.165) is 22.7 Å². The third kappa shape index (κ3) is 3.68. The highest BCUT2D eigenvalue weighted by Gasteiger charge is 2.07. The molecule has 4 rings (SSSR count). The number of nitrogens with one attached hydrogen (secondary N) is 1. The second kappa shape index (κ2) is 7.48. The van der Waals surface area contributed by atoms with E-state index in [4.69, 9.17) is 4.74 Å². The number of aryl methyl sites for hydroxylation is 1. The molecule has 0 unspecified atom stereocenters. The SMILES string of the molecule is COc1cc(C=Cc2nc(-c3cccc(F)c3)n[nH]2)ccc1-n1cnc(C)c1. The molecule has 0 saturated heterocycles. The van der Waals surface area contributed by atoms with Crippen LogP contribution in [0.15, 0.2) is 55.0 Å². The molecule has 28 heavy (non-hydrogen) atoms.